The molecule has 3 atom stereocenters. The third-order valence-electron chi connectivity index (χ3n) is 8.73. The van der Waals surface area contributed by atoms with Gasteiger partial charge in [-0.1, -0.05) is 47.5 Å². The van der Waals surface area contributed by atoms with Gasteiger partial charge in [0.15, 0.2) is 0 Å². The van der Waals surface area contributed by atoms with Gasteiger partial charge in [0.25, 0.3) is 0 Å². The van der Waals surface area contributed by atoms with E-state index in [0.29, 0.717) is 54.1 Å². The number of benzene rings is 3. The van der Waals surface area contributed by atoms with Crippen LogP contribution in [0.25, 0.3) is 0 Å². The molecule has 0 aromatic heterocycles. The summed E-state index contributed by atoms with van der Waals surface area (Å²) < 4.78 is 45.1. The zero-order valence-corrected chi connectivity index (χ0v) is 31.9. The van der Waals surface area contributed by atoms with Crippen LogP contribution < -0.4 is 14.8 Å². The Morgan fingerprint density at radius 2 is 1.56 bits per heavy atom. The van der Waals surface area contributed by atoms with E-state index >= 15 is 0 Å². The molecule has 2 aliphatic heterocycles. The topological polar surface area (TPSA) is 142 Å². The van der Waals surface area contributed by atoms with Gasteiger partial charge >= 0.3 is 6.03 Å². The van der Waals surface area contributed by atoms with E-state index in [2.05, 4.69) is 10.0 Å². The number of halogens is 2. The standard InChI is InChI=1S/C36H44Cl2N6O7S/c1-5-51-31-15-14-29(52(47,48)39-23-50-4)20-30(31)35-41-33(25-6-10-27(37)11-7-25)34(26-8-12-28(38)13-9-26)44(35)36(46)43-18-16-42(17-19-43)21-32(45)40-24(2)22-49-3/h6-15,20,24,33-34,39H,5,16-19,21-23H2,1-4H3,(H,40,45)/t24?,33-,34+/m0/s1. The first kappa shape index (κ1) is 39.4. The highest BCUT2D eigenvalue weighted by atomic mass is 35.5. The van der Waals surface area contributed by atoms with E-state index in [1.165, 1.54) is 19.2 Å². The molecular formula is C36H44Cl2N6O7S. The second-order valence-corrected chi connectivity index (χ2v) is 15.1. The van der Waals surface area contributed by atoms with Gasteiger partial charge in [-0.25, -0.2) is 13.2 Å². The molecular weight excluding hydrogens is 731 g/mol. The van der Waals surface area contributed by atoms with Crippen LogP contribution in [-0.2, 0) is 24.3 Å². The zero-order valence-electron chi connectivity index (χ0n) is 29.6. The van der Waals surface area contributed by atoms with Crippen LogP contribution >= 0.6 is 23.2 Å². The summed E-state index contributed by atoms with van der Waals surface area (Å²) in [4.78, 5) is 38.1. The maximum Gasteiger partial charge on any atom is 0.326 e. The van der Waals surface area contributed by atoms with Crippen molar-refractivity contribution in [3.8, 4) is 5.75 Å². The molecule has 3 aromatic carbocycles. The number of nitrogens with one attached hydrogen (secondary N) is 2. The number of carbonyl (C=O) groups is 2. The van der Waals surface area contributed by atoms with Crippen LogP contribution in [0, 0.1) is 0 Å². The smallest absolute Gasteiger partial charge is 0.326 e. The Hall–Kier alpha value is -3.76. The first-order valence-corrected chi connectivity index (χ1v) is 19.1. The van der Waals surface area contributed by atoms with E-state index < -0.39 is 22.1 Å². The maximum absolute atomic E-state index is 14.9. The molecule has 1 fully saturated rings. The van der Waals surface area contributed by atoms with Gasteiger partial charge in [0.2, 0.25) is 15.9 Å². The Balaban J connectivity index is 1.57. The van der Waals surface area contributed by atoms with Gasteiger partial charge < -0.3 is 24.4 Å². The van der Waals surface area contributed by atoms with Gasteiger partial charge in [-0.15, -0.1) is 0 Å². The van der Waals surface area contributed by atoms with Crippen molar-refractivity contribution in [1.82, 2.24) is 24.7 Å². The minimum absolute atomic E-state index is 0.0530. The summed E-state index contributed by atoms with van der Waals surface area (Å²) >= 11 is 12.6. The second-order valence-electron chi connectivity index (χ2n) is 12.5. The number of amides is 3. The highest BCUT2D eigenvalue weighted by Gasteiger charge is 2.45. The molecule has 0 aliphatic carbocycles. The van der Waals surface area contributed by atoms with E-state index in [1.807, 2.05) is 43.0 Å². The molecule has 0 saturated carbocycles. The third kappa shape index (κ3) is 9.42. The predicted molar refractivity (Wildman–Crippen MR) is 199 cm³/mol. The van der Waals surface area contributed by atoms with Gasteiger partial charge in [-0.2, -0.15) is 4.72 Å². The summed E-state index contributed by atoms with van der Waals surface area (Å²) in [7, 11) is -1.04. The number of urea groups is 1. The number of methoxy groups -OCH3 is 2. The molecule has 52 heavy (non-hydrogen) atoms. The number of amidine groups is 1. The van der Waals surface area contributed by atoms with Gasteiger partial charge in [0, 0.05) is 56.5 Å². The molecule has 3 amide bonds. The summed E-state index contributed by atoms with van der Waals surface area (Å²) in [5, 5.41) is 4.00. The van der Waals surface area contributed by atoms with Crippen LogP contribution in [0.4, 0.5) is 4.79 Å². The van der Waals surface area contributed by atoms with E-state index in [1.54, 1.807) is 47.2 Å². The quantitative estimate of drug-likeness (QED) is 0.225. The maximum atomic E-state index is 14.9. The lowest BCUT2D eigenvalue weighted by molar-refractivity contribution is -0.123. The van der Waals surface area contributed by atoms with Crippen molar-refractivity contribution in [3.63, 3.8) is 0 Å². The predicted octanol–water partition coefficient (Wildman–Crippen LogP) is 4.71. The summed E-state index contributed by atoms with van der Waals surface area (Å²) in [6, 6.07) is 17.2. The number of aliphatic imine (C=N–C) groups is 1. The van der Waals surface area contributed by atoms with E-state index in [9.17, 15) is 18.0 Å². The average Bonchev–Trinajstić information content (AvgIpc) is 3.52. The summed E-state index contributed by atoms with van der Waals surface area (Å²) in [5.41, 5.74) is 1.88. The molecule has 2 N–H and O–H groups in total. The van der Waals surface area contributed by atoms with Crippen LogP contribution in [0.2, 0.25) is 10.0 Å². The van der Waals surface area contributed by atoms with Crippen LogP contribution in [0.5, 0.6) is 5.75 Å². The normalized spacial score (nSPS) is 18.6. The van der Waals surface area contributed by atoms with Crippen molar-refractivity contribution in [2.24, 2.45) is 4.99 Å². The number of sulfonamides is 1. The lowest BCUT2D eigenvalue weighted by Gasteiger charge is -2.39. The Bertz CT molecular complexity index is 1840. The molecule has 1 unspecified atom stereocenters. The molecule has 0 bridgehead atoms. The van der Waals surface area contributed by atoms with E-state index in [0.717, 1.165) is 11.1 Å². The monoisotopic (exact) mass is 774 g/mol. The van der Waals surface area contributed by atoms with Crippen LogP contribution in [0.15, 0.2) is 76.6 Å². The fourth-order valence-electron chi connectivity index (χ4n) is 6.27. The fourth-order valence-corrected chi connectivity index (χ4v) is 7.48. The molecule has 280 valence electrons. The third-order valence-corrected chi connectivity index (χ3v) is 10.6. The van der Waals surface area contributed by atoms with Crippen molar-refractivity contribution < 1.29 is 32.2 Å². The molecule has 16 heteroatoms. The Morgan fingerprint density at radius 3 is 2.15 bits per heavy atom. The molecule has 0 radical (unpaired) electrons. The molecule has 5 rings (SSSR count). The number of hydrogen-bond acceptors (Lipinski definition) is 9. The number of carbonyl (C=O) groups excluding carboxylic acids is 2. The summed E-state index contributed by atoms with van der Waals surface area (Å²) in [6.07, 6.45) is 0. The number of hydrogen-bond donors (Lipinski definition) is 2. The minimum Gasteiger partial charge on any atom is -0.493 e. The SMILES string of the molecule is CCOc1ccc(S(=O)(=O)NCOC)cc1C1=N[C@@H](c2ccc(Cl)cc2)[C@@H](c2ccc(Cl)cc2)N1C(=O)N1CCN(CC(=O)NC(C)COC)CC1. The second kappa shape index (κ2) is 17.8. The highest BCUT2D eigenvalue weighted by molar-refractivity contribution is 7.89. The van der Waals surface area contributed by atoms with Crippen LogP contribution in [0.1, 0.15) is 42.6 Å². The molecule has 0 spiro atoms. The lowest BCUT2D eigenvalue weighted by atomic mass is 9.93. The Morgan fingerprint density at radius 1 is 0.923 bits per heavy atom. The number of ether oxygens (including phenoxy) is 3. The van der Waals surface area contributed by atoms with E-state index in [4.69, 9.17) is 42.4 Å². The van der Waals surface area contributed by atoms with Crippen molar-refractivity contribution in [3.05, 3.63) is 93.5 Å². The first-order chi connectivity index (χ1) is 24.9. The molecule has 1 saturated heterocycles. The largest absolute Gasteiger partial charge is 0.493 e. The van der Waals surface area contributed by atoms with Gasteiger partial charge in [-0.05, 0) is 67.4 Å². The van der Waals surface area contributed by atoms with Crippen molar-refractivity contribution in [2.75, 3.05) is 66.9 Å². The average molecular weight is 776 g/mol. The number of nitrogens with zero attached hydrogens (tertiary/aromatic N) is 4. The molecule has 13 nitrogen and oxygen atoms in total. The van der Waals surface area contributed by atoms with Crippen LogP contribution in [-0.4, -0.2) is 114 Å². The number of piperazine rings is 1. The summed E-state index contributed by atoms with van der Waals surface area (Å²) in [5.74, 6) is 0.478. The Labute approximate surface area is 314 Å². The van der Waals surface area contributed by atoms with Crippen molar-refractivity contribution in [2.45, 2.75) is 36.9 Å². The van der Waals surface area contributed by atoms with E-state index in [-0.39, 0.29) is 48.6 Å². The van der Waals surface area contributed by atoms with Crippen LogP contribution in [0.3, 0.4) is 0 Å². The molecule has 3 aromatic rings. The first-order valence-electron chi connectivity index (χ1n) is 16.9. The lowest BCUT2D eigenvalue weighted by Crippen LogP contribution is -2.55. The Kier molecular flexibility index (Phi) is 13.5. The van der Waals surface area contributed by atoms with Gasteiger partial charge in [0.1, 0.15) is 24.4 Å². The minimum atomic E-state index is -4.01. The highest BCUT2D eigenvalue weighted by Crippen LogP contribution is 2.45. The molecule has 2 aliphatic rings. The van der Waals surface area contributed by atoms with Gasteiger partial charge in [-0.3, -0.25) is 19.6 Å². The molecule has 2 heterocycles. The number of rotatable bonds is 14. The van der Waals surface area contributed by atoms with Gasteiger partial charge in [0.05, 0.1) is 36.3 Å². The van der Waals surface area contributed by atoms with Crippen molar-refractivity contribution in [1.29, 1.82) is 0 Å². The zero-order chi connectivity index (χ0) is 37.4. The fraction of sp³-hybridized carbons (Fsp3) is 0.417. The summed E-state index contributed by atoms with van der Waals surface area (Å²) in [6.45, 7) is 5.96. The van der Waals surface area contributed by atoms with Crippen molar-refractivity contribution >= 4 is 51.0 Å².